The molecule has 116 valence electrons. The number of hydrogen-bond acceptors (Lipinski definition) is 4. The van der Waals surface area contributed by atoms with Crippen molar-refractivity contribution < 1.29 is 9.15 Å². The van der Waals surface area contributed by atoms with Crippen LogP contribution in [0.5, 0.6) is 0 Å². The Hall–Kier alpha value is -0.840. The Morgan fingerprint density at radius 2 is 1.95 bits per heavy atom. The van der Waals surface area contributed by atoms with Crippen LogP contribution in [0, 0.1) is 0 Å². The normalized spacial score (nSPS) is 14.9. The van der Waals surface area contributed by atoms with Gasteiger partial charge in [0.05, 0.1) is 18.9 Å². The number of furan rings is 1. The van der Waals surface area contributed by atoms with Crippen LogP contribution in [0.15, 0.2) is 22.8 Å². The lowest BCUT2D eigenvalue weighted by Gasteiger charge is -2.39. The van der Waals surface area contributed by atoms with E-state index in [4.69, 9.17) is 14.9 Å². The van der Waals surface area contributed by atoms with E-state index < -0.39 is 0 Å². The molecule has 0 aliphatic heterocycles. The predicted octanol–water partition coefficient (Wildman–Crippen LogP) is 3.20. The largest absolute Gasteiger partial charge is 0.468 e. The van der Waals surface area contributed by atoms with E-state index in [2.05, 4.69) is 25.7 Å². The molecule has 0 amide bonds. The molecule has 0 fully saturated rings. The Labute approximate surface area is 123 Å². The molecule has 0 saturated heterocycles. The van der Waals surface area contributed by atoms with Crippen molar-refractivity contribution in [2.24, 2.45) is 5.73 Å². The zero-order valence-corrected chi connectivity index (χ0v) is 13.3. The third kappa shape index (κ3) is 4.33. The average molecular weight is 282 g/mol. The molecule has 20 heavy (non-hydrogen) atoms. The van der Waals surface area contributed by atoms with Crippen molar-refractivity contribution in [3.05, 3.63) is 24.2 Å². The van der Waals surface area contributed by atoms with Crippen LogP contribution in [-0.2, 0) is 4.74 Å². The third-order valence-corrected chi connectivity index (χ3v) is 4.03. The van der Waals surface area contributed by atoms with E-state index in [9.17, 15) is 0 Å². The van der Waals surface area contributed by atoms with Crippen molar-refractivity contribution in [3.8, 4) is 0 Å². The fourth-order valence-electron chi connectivity index (χ4n) is 2.81. The highest BCUT2D eigenvalue weighted by molar-refractivity contribution is 5.08. The summed E-state index contributed by atoms with van der Waals surface area (Å²) in [6, 6.07) is 4.65. The van der Waals surface area contributed by atoms with Gasteiger partial charge < -0.3 is 14.9 Å². The van der Waals surface area contributed by atoms with Crippen LogP contribution in [0.25, 0.3) is 0 Å². The second kappa shape index (κ2) is 9.16. The highest BCUT2D eigenvalue weighted by Gasteiger charge is 2.31. The number of nitrogens with two attached hydrogens (primary N) is 1. The van der Waals surface area contributed by atoms with Gasteiger partial charge in [0.15, 0.2) is 0 Å². The summed E-state index contributed by atoms with van der Waals surface area (Å²) in [6.07, 6.45) is 4.86. The summed E-state index contributed by atoms with van der Waals surface area (Å²) in [4.78, 5) is 2.45. The molecule has 1 aromatic rings. The second-order valence-corrected chi connectivity index (χ2v) is 5.23. The van der Waals surface area contributed by atoms with Gasteiger partial charge in [0.1, 0.15) is 5.76 Å². The number of nitrogens with zero attached hydrogens (tertiary/aromatic N) is 1. The fourth-order valence-corrected chi connectivity index (χ4v) is 2.81. The van der Waals surface area contributed by atoms with Gasteiger partial charge in [-0.25, -0.2) is 0 Å². The van der Waals surface area contributed by atoms with Gasteiger partial charge in [-0.1, -0.05) is 20.8 Å². The van der Waals surface area contributed by atoms with E-state index in [1.807, 2.05) is 12.1 Å². The molecular formula is C16H30N2O2. The minimum absolute atomic E-state index is 0.0682. The summed E-state index contributed by atoms with van der Waals surface area (Å²) in [6.45, 7) is 8.17. The van der Waals surface area contributed by atoms with Gasteiger partial charge >= 0.3 is 0 Å². The lowest BCUT2D eigenvalue weighted by molar-refractivity contribution is 0.0576. The second-order valence-electron chi connectivity index (χ2n) is 5.23. The molecule has 0 bridgehead atoms. The van der Waals surface area contributed by atoms with Crippen LogP contribution in [0.4, 0.5) is 0 Å². The quantitative estimate of drug-likeness (QED) is 0.716. The summed E-state index contributed by atoms with van der Waals surface area (Å²) in [7, 11) is 1.74. The highest BCUT2D eigenvalue weighted by Crippen LogP contribution is 2.29. The van der Waals surface area contributed by atoms with E-state index in [-0.39, 0.29) is 12.1 Å². The molecule has 0 spiro atoms. The number of rotatable bonds is 10. The Morgan fingerprint density at radius 3 is 2.40 bits per heavy atom. The van der Waals surface area contributed by atoms with Crippen LogP contribution in [0.3, 0.4) is 0 Å². The molecule has 1 aromatic heterocycles. The lowest BCUT2D eigenvalue weighted by atomic mass is 9.98. The van der Waals surface area contributed by atoms with E-state index in [1.54, 1.807) is 13.4 Å². The van der Waals surface area contributed by atoms with Gasteiger partial charge in [-0.05, 0) is 31.4 Å². The fraction of sp³-hybridized carbons (Fsp3) is 0.750. The first-order valence-electron chi connectivity index (χ1n) is 7.73. The van der Waals surface area contributed by atoms with Gasteiger partial charge in [-0.15, -0.1) is 0 Å². The molecule has 1 heterocycles. The Kier molecular flexibility index (Phi) is 7.88. The molecule has 0 radical (unpaired) electrons. The Morgan fingerprint density at radius 1 is 1.25 bits per heavy atom. The maximum atomic E-state index is 6.39. The number of ether oxygens (including phenoxy) is 1. The maximum absolute atomic E-state index is 6.39. The number of methoxy groups -OCH3 is 1. The topological polar surface area (TPSA) is 51.6 Å². The summed E-state index contributed by atoms with van der Waals surface area (Å²) >= 11 is 0. The van der Waals surface area contributed by atoms with Gasteiger partial charge in [-0.2, -0.15) is 0 Å². The van der Waals surface area contributed by atoms with Crippen molar-refractivity contribution in [2.75, 3.05) is 20.3 Å². The van der Waals surface area contributed by atoms with Crippen LogP contribution >= 0.6 is 0 Å². The van der Waals surface area contributed by atoms with Crippen LogP contribution < -0.4 is 5.73 Å². The zero-order valence-electron chi connectivity index (χ0n) is 13.3. The van der Waals surface area contributed by atoms with Crippen LogP contribution in [0.2, 0.25) is 0 Å². The molecule has 2 unspecified atom stereocenters. The standard InChI is InChI=1S/C16H30N2O2/c1-5-13(6-2)18(10-12-19-4)16(14(17)7-3)15-9-8-11-20-15/h8-9,11,13-14,16H,5-7,10,12,17H2,1-4H3. The SMILES string of the molecule is CCC(N)C(c1ccco1)N(CCOC)C(CC)CC. The minimum atomic E-state index is 0.0682. The molecule has 0 aromatic carbocycles. The minimum Gasteiger partial charge on any atom is -0.468 e. The maximum Gasteiger partial charge on any atom is 0.122 e. The van der Waals surface area contributed by atoms with Crippen molar-refractivity contribution in [3.63, 3.8) is 0 Å². The first-order valence-corrected chi connectivity index (χ1v) is 7.73. The molecule has 0 aliphatic carbocycles. The Balaban J connectivity index is 3.02. The molecule has 0 aliphatic rings. The van der Waals surface area contributed by atoms with E-state index in [1.165, 1.54) is 0 Å². The summed E-state index contributed by atoms with van der Waals surface area (Å²) in [5.41, 5.74) is 6.39. The smallest absolute Gasteiger partial charge is 0.122 e. The summed E-state index contributed by atoms with van der Waals surface area (Å²) < 4.78 is 10.9. The van der Waals surface area contributed by atoms with Crippen molar-refractivity contribution in [1.29, 1.82) is 0 Å². The first-order chi connectivity index (χ1) is 9.69. The predicted molar refractivity (Wildman–Crippen MR) is 82.7 cm³/mol. The van der Waals surface area contributed by atoms with Crippen molar-refractivity contribution in [2.45, 2.75) is 58.2 Å². The molecular weight excluding hydrogens is 252 g/mol. The molecule has 4 nitrogen and oxygen atoms in total. The van der Waals surface area contributed by atoms with E-state index >= 15 is 0 Å². The molecule has 2 N–H and O–H groups in total. The first kappa shape index (κ1) is 17.2. The summed E-state index contributed by atoms with van der Waals surface area (Å²) in [5.74, 6) is 0.961. The van der Waals surface area contributed by atoms with Gasteiger partial charge in [0.25, 0.3) is 0 Å². The third-order valence-electron chi connectivity index (χ3n) is 4.03. The van der Waals surface area contributed by atoms with E-state index in [0.29, 0.717) is 12.6 Å². The lowest BCUT2D eigenvalue weighted by Crippen LogP contribution is -2.47. The van der Waals surface area contributed by atoms with Crippen LogP contribution in [-0.4, -0.2) is 37.2 Å². The van der Waals surface area contributed by atoms with Crippen molar-refractivity contribution in [1.82, 2.24) is 4.90 Å². The van der Waals surface area contributed by atoms with Crippen molar-refractivity contribution >= 4 is 0 Å². The Bertz CT molecular complexity index is 336. The molecule has 0 saturated carbocycles. The number of hydrogen-bond donors (Lipinski definition) is 1. The molecule has 4 heteroatoms. The summed E-state index contributed by atoms with van der Waals surface area (Å²) in [5, 5.41) is 0. The zero-order chi connectivity index (χ0) is 15.0. The van der Waals surface area contributed by atoms with E-state index in [0.717, 1.165) is 31.6 Å². The monoisotopic (exact) mass is 282 g/mol. The van der Waals surface area contributed by atoms with Gasteiger partial charge in [0.2, 0.25) is 0 Å². The molecule has 1 rings (SSSR count). The highest BCUT2D eigenvalue weighted by atomic mass is 16.5. The van der Waals surface area contributed by atoms with Crippen LogP contribution in [0.1, 0.15) is 51.8 Å². The van der Waals surface area contributed by atoms with Gasteiger partial charge in [0, 0.05) is 25.7 Å². The molecule has 2 atom stereocenters. The van der Waals surface area contributed by atoms with Gasteiger partial charge in [-0.3, -0.25) is 4.90 Å². The average Bonchev–Trinajstić information content (AvgIpc) is 2.99.